The summed E-state index contributed by atoms with van der Waals surface area (Å²) in [6, 6.07) is -0.0718. The molecule has 12 heavy (non-hydrogen) atoms. The summed E-state index contributed by atoms with van der Waals surface area (Å²) in [5.74, 6) is -0.0686. The van der Waals surface area contributed by atoms with E-state index in [-0.39, 0.29) is 11.9 Å². The Morgan fingerprint density at radius 2 is 2.17 bits per heavy atom. The van der Waals surface area contributed by atoms with Gasteiger partial charge in [0, 0.05) is 6.92 Å². The van der Waals surface area contributed by atoms with E-state index < -0.39 is 6.10 Å². The molecule has 4 heteroatoms. The molecule has 1 aliphatic heterocycles. The van der Waals surface area contributed by atoms with Crippen molar-refractivity contribution >= 4 is 5.91 Å². The molecule has 0 aromatic carbocycles. The van der Waals surface area contributed by atoms with Gasteiger partial charge < -0.3 is 15.7 Å². The van der Waals surface area contributed by atoms with Crippen LogP contribution in [0.2, 0.25) is 0 Å². The van der Waals surface area contributed by atoms with Crippen molar-refractivity contribution in [3.8, 4) is 0 Å². The molecule has 2 atom stereocenters. The Morgan fingerprint density at radius 1 is 1.50 bits per heavy atom. The van der Waals surface area contributed by atoms with Crippen LogP contribution in [-0.4, -0.2) is 36.2 Å². The Bertz CT molecular complexity index is 161. The van der Waals surface area contributed by atoms with E-state index in [1.165, 1.54) is 6.92 Å². The third-order valence-electron chi connectivity index (χ3n) is 2.10. The van der Waals surface area contributed by atoms with E-state index in [2.05, 4.69) is 10.6 Å². The highest BCUT2D eigenvalue weighted by molar-refractivity contribution is 5.73. The molecule has 1 rings (SSSR count). The number of carbonyl (C=O) groups is 1. The first-order valence-corrected chi connectivity index (χ1v) is 4.36. The standard InChI is InChI=1S/C8H16N2O2/c1-6(11)10-7-2-4-9-5-3-8(7)12/h7-9,12H,2-5H2,1H3,(H,10,11)/t7-,8-/m0/s1. The van der Waals surface area contributed by atoms with Gasteiger partial charge in [-0.3, -0.25) is 4.79 Å². The molecule has 3 N–H and O–H groups in total. The SMILES string of the molecule is CC(=O)N[C@H]1CCNCC[C@@H]1O. The number of amides is 1. The second kappa shape index (κ2) is 4.42. The smallest absolute Gasteiger partial charge is 0.217 e. The maximum atomic E-state index is 10.7. The van der Waals surface area contributed by atoms with Gasteiger partial charge in [0.15, 0.2) is 0 Å². The molecule has 0 aliphatic carbocycles. The Hall–Kier alpha value is -0.610. The van der Waals surface area contributed by atoms with Crippen molar-refractivity contribution < 1.29 is 9.90 Å². The van der Waals surface area contributed by atoms with Crippen LogP contribution in [0.1, 0.15) is 19.8 Å². The summed E-state index contributed by atoms with van der Waals surface area (Å²) >= 11 is 0. The molecule has 0 aromatic heterocycles. The number of aliphatic hydroxyl groups is 1. The van der Waals surface area contributed by atoms with E-state index >= 15 is 0 Å². The average molecular weight is 172 g/mol. The molecule has 1 amide bonds. The summed E-state index contributed by atoms with van der Waals surface area (Å²) in [4.78, 5) is 10.7. The summed E-state index contributed by atoms with van der Waals surface area (Å²) in [5.41, 5.74) is 0. The van der Waals surface area contributed by atoms with Gasteiger partial charge in [-0.25, -0.2) is 0 Å². The maximum Gasteiger partial charge on any atom is 0.217 e. The number of hydrogen-bond donors (Lipinski definition) is 3. The van der Waals surface area contributed by atoms with E-state index in [1.807, 2.05) is 0 Å². The normalized spacial score (nSPS) is 30.8. The zero-order chi connectivity index (χ0) is 8.97. The van der Waals surface area contributed by atoms with Crippen LogP contribution in [0.4, 0.5) is 0 Å². The van der Waals surface area contributed by atoms with Gasteiger partial charge in [0.1, 0.15) is 0 Å². The highest BCUT2D eigenvalue weighted by Gasteiger charge is 2.21. The first-order valence-electron chi connectivity index (χ1n) is 4.36. The molecule has 0 bridgehead atoms. The topological polar surface area (TPSA) is 61.4 Å². The average Bonchev–Trinajstić information content (AvgIpc) is 2.16. The maximum absolute atomic E-state index is 10.7. The Labute approximate surface area is 72.3 Å². The van der Waals surface area contributed by atoms with E-state index in [0.29, 0.717) is 6.42 Å². The molecule has 0 radical (unpaired) electrons. The summed E-state index contributed by atoms with van der Waals surface area (Å²) in [5, 5.41) is 15.5. The fraction of sp³-hybridized carbons (Fsp3) is 0.875. The Balaban J connectivity index is 2.41. The van der Waals surface area contributed by atoms with Crippen LogP contribution in [0.25, 0.3) is 0 Å². The van der Waals surface area contributed by atoms with Crippen LogP contribution in [0.15, 0.2) is 0 Å². The van der Waals surface area contributed by atoms with Gasteiger partial charge in [0.05, 0.1) is 12.1 Å². The summed E-state index contributed by atoms with van der Waals surface area (Å²) < 4.78 is 0. The van der Waals surface area contributed by atoms with Gasteiger partial charge in [-0.2, -0.15) is 0 Å². The van der Waals surface area contributed by atoms with Crippen molar-refractivity contribution in [3.05, 3.63) is 0 Å². The van der Waals surface area contributed by atoms with Crippen LogP contribution in [0.3, 0.4) is 0 Å². The van der Waals surface area contributed by atoms with E-state index in [1.54, 1.807) is 0 Å². The second-order valence-electron chi connectivity index (χ2n) is 3.20. The van der Waals surface area contributed by atoms with Crippen molar-refractivity contribution in [3.63, 3.8) is 0 Å². The van der Waals surface area contributed by atoms with E-state index in [9.17, 15) is 9.90 Å². The fourth-order valence-corrected chi connectivity index (χ4v) is 1.46. The van der Waals surface area contributed by atoms with Gasteiger partial charge in [-0.15, -0.1) is 0 Å². The van der Waals surface area contributed by atoms with Gasteiger partial charge in [0.2, 0.25) is 5.91 Å². The molecule has 0 spiro atoms. The van der Waals surface area contributed by atoms with Crippen LogP contribution < -0.4 is 10.6 Å². The molecule has 1 saturated heterocycles. The minimum absolute atomic E-state index is 0.0686. The highest BCUT2D eigenvalue weighted by atomic mass is 16.3. The molecule has 0 saturated carbocycles. The number of nitrogens with one attached hydrogen (secondary N) is 2. The lowest BCUT2D eigenvalue weighted by Gasteiger charge is -2.20. The van der Waals surface area contributed by atoms with Crippen molar-refractivity contribution in [1.29, 1.82) is 0 Å². The Kier molecular flexibility index (Phi) is 3.49. The lowest BCUT2D eigenvalue weighted by Crippen LogP contribution is -2.42. The first-order chi connectivity index (χ1) is 5.70. The van der Waals surface area contributed by atoms with Gasteiger partial charge in [0.25, 0.3) is 0 Å². The van der Waals surface area contributed by atoms with Gasteiger partial charge in [-0.1, -0.05) is 0 Å². The molecule has 70 valence electrons. The van der Waals surface area contributed by atoms with Crippen molar-refractivity contribution in [2.45, 2.75) is 31.9 Å². The van der Waals surface area contributed by atoms with Crippen LogP contribution in [0.5, 0.6) is 0 Å². The second-order valence-corrected chi connectivity index (χ2v) is 3.20. The number of rotatable bonds is 1. The molecular formula is C8H16N2O2. The third-order valence-corrected chi connectivity index (χ3v) is 2.10. The first kappa shape index (κ1) is 9.48. The quantitative estimate of drug-likeness (QED) is 0.487. The lowest BCUT2D eigenvalue weighted by atomic mass is 10.1. The minimum Gasteiger partial charge on any atom is -0.391 e. The monoisotopic (exact) mass is 172 g/mol. The summed E-state index contributed by atoms with van der Waals surface area (Å²) in [6.07, 6.45) is 1.12. The van der Waals surface area contributed by atoms with Crippen LogP contribution >= 0.6 is 0 Å². The summed E-state index contributed by atoms with van der Waals surface area (Å²) in [6.45, 7) is 3.17. The van der Waals surface area contributed by atoms with Gasteiger partial charge >= 0.3 is 0 Å². The van der Waals surface area contributed by atoms with Crippen LogP contribution in [-0.2, 0) is 4.79 Å². The van der Waals surface area contributed by atoms with Crippen molar-refractivity contribution in [1.82, 2.24) is 10.6 Å². The van der Waals surface area contributed by atoms with Crippen molar-refractivity contribution in [2.24, 2.45) is 0 Å². The Morgan fingerprint density at radius 3 is 2.83 bits per heavy atom. The third kappa shape index (κ3) is 2.79. The number of aliphatic hydroxyl groups excluding tert-OH is 1. The van der Waals surface area contributed by atoms with E-state index in [0.717, 1.165) is 19.5 Å². The largest absolute Gasteiger partial charge is 0.391 e. The number of hydrogen-bond acceptors (Lipinski definition) is 3. The fourth-order valence-electron chi connectivity index (χ4n) is 1.46. The minimum atomic E-state index is -0.399. The molecular weight excluding hydrogens is 156 g/mol. The lowest BCUT2D eigenvalue weighted by molar-refractivity contribution is -0.120. The van der Waals surface area contributed by atoms with E-state index in [4.69, 9.17) is 0 Å². The van der Waals surface area contributed by atoms with Crippen molar-refractivity contribution in [2.75, 3.05) is 13.1 Å². The summed E-state index contributed by atoms with van der Waals surface area (Å²) in [7, 11) is 0. The molecule has 0 aromatic rings. The molecule has 1 aliphatic rings. The zero-order valence-electron chi connectivity index (χ0n) is 7.34. The molecule has 1 heterocycles. The van der Waals surface area contributed by atoms with Gasteiger partial charge in [-0.05, 0) is 25.9 Å². The predicted octanol–water partition coefficient (Wildman–Crippen LogP) is -0.765. The molecule has 0 unspecified atom stereocenters. The molecule has 1 fully saturated rings. The highest BCUT2D eigenvalue weighted by Crippen LogP contribution is 2.05. The van der Waals surface area contributed by atoms with Crippen LogP contribution in [0, 0.1) is 0 Å². The zero-order valence-corrected chi connectivity index (χ0v) is 7.34. The predicted molar refractivity (Wildman–Crippen MR) is 45.7 cm³/mol. The molecule has 4 nitrogen and oxygen atoms in total. The number of carbonyl (C=O) groups excluding carboxylic acids is 1.